The van der Waals surface area contributed by atoms with Gasteiger partial charge in [-0.2, -0.15) is 0 Å². The molecule has 0 radical (unpaired) electrons. The van der Waals surface area contributed by atoms with E-state index in [2.05, 4.69) is 120 Å². The topological polar surface area (TPSA) is 27.7 Å². The fraction of sp³-hybridized carbons (Fsp3) is 0.471. The minimum absolute atomic E-state index is 0.0143. The average Bonchev–Trinajstić information content (AvgIpc) is 2.89. The van der Waals surface area contributed by atoms with Gasteiger partial charge in [0.1, 0.15) is 0 Å². The van der Waals surface area contributed by atoms with E-state index in [9.17, 15) is 0 Å². The van der Waals surface area contributed by atoms with Gasteiger partial charge in [0.2, 0.25) is 0 Å². The number of ether oxygens (including phenoxy) is 2. The van der Waals surface area contributed by atoms with E-state index in [1.807, 2.05) is 0 Å². The van der Waals surface area contributed by atoms with Crippen LogP contribution < -0.4 is 10.4 Å². The molecule has 0 heterocycles. The minimum Gasteiger partial charge on any atom is -0.404 e. The predicted octanol–water partition coefficient (Wildman–Crippen LogP) is 7.97. The standard InChI is InChI=1S/C34H50O3Si/c1-28(2)17-15-19-30(27-33(35-7)36-8)20-16-18-29(3)25-26-37-38(34(4,5)6,31-21-11-9-12-22-31)32-23-13-10-14-24-32/h9-14,17,20-25,33H,15-16,18-19,26-27H2,1-8H3/b29-25+,30-20-. The van der Waals surface area contributed by atoms with Crippen molar-refractivity contribution in [2.45, 2.75) is 85.0 Å². The Morgan fingerprint density at radius 1 is 0.763 bits per heavy atom. The summed E-state index contributed by atoms with van der Waals surface area (Å²) in [6.45, 7) is 14.1. The molecule has 0 aliphatic rings. The van der Waals surface area contributed by atoms with Gasteiger partial charge in [-0.3, -0.25) is 0 Å². The van der Waals surface area contributed by atoms with E-state index in [0.717, 1.165) is 32.1 Å². The second kappa shape index (κ2) is 16.0. The molecule has 0 bridgehead atoms. The van der Waals surface area contributed by atoms with Crippen molar-refractivity contribution in [3.63, 3.8) is 0 Å². The van der Waals surface area contributed by atoms with Crippen molar-refractivity contribution in [3.8, 4) is 0 Å². The zero-order valence-corrected chi connectivity index (χ0v) is 26.1. The summed E-state index contributed by atoms with van der Waals surface area (Å²) in [5.41, 5.74) is 4.12. The highest BCUT2D eigenvalue weighted by Crippen LogP contribution is 2.36. The Morgan fingerprint density at radius 2 is 1.29 bits per heavy atom. The lowest BCUT2D eigenvalue weighted by molar-refractivity contribution is -0.100. The van der Waals surface area contributed by atoms with E-state index >= 15 is 0 Å². The summed E-state index contributed by atoms with van der Waals surface area (Å²) in [7, 11) is 0.912. The first kappa shape index (κ1) is 32.0. The third kappa shape index (κ3) is 9.50. The molecule has 0 unspecified atom stereocenters. The maximum absolute atomic E-state index is 7.03. The molecule has 0 saturated carbocycles. The molecular formula is C34H50O3Si. The van der Waals surface area contributed by atoms with Crippen molar-refractivity contribution in [2.24, 2.45) is 0 Å². The molecule has 38 heavy (non-hydrogen) atoms. The van der Waals surface area contributed by atoms with Crippen LogP contribution in [0.1, 0.15) is 73.6 Å². The highest BCUT2D eigenvalue weighted by Gasteiger charge is 2.49. The Morgan fingerprint density at radius 3 is 1.76 bits per heavy atom. The Kier molecular flexibility index (Phi) is 13.5. The number of methoxy groups -OCH3 is 2. The first-order chi connectivity index (χ1) is 18.1. The van der Waals surface area contributed by atoms with Crippen LogP contribution in [-0.4, -0.2) is 35.4 Å². The highest BCUT2D eigenvalue weighted by atomic mass is 28.4. The molecule has 0 amide bonds. The van der Waals surface area contributed by atoms with Crippen LogP contribution in [0.15, 0.2) is 95.6 Å². The van der Waals surface area contributed by atoms with Crippen molar-refractivity contribution in [2.75, 3.05) is 20.8 Å². The van der Waals surface area contributed by atoms with Crippen molar-refractivity contribution in [3.05, 3.63) is 95.6 Å². The third-order valence-corrected chi connectivity index (χ3v) is 12.1. The van der Waals surface area contributed by atoms with Crippen LogP contribution in [0.2, 0.25) is 5.04 Å². The Balaban J connectivity index is 2.17. The Labute approximate surface area is 233 Å². The Bertz CT molecular complexity index is 985. The van der Waals surface area contributed by atoms with Crippen molar-refractivity contribution >= 4 is 18.7 Å². The van der Waals surface area contributed by atoms with Gasteiger partial charge in [0, 0.05) is 20.6 Å². The molecular weight excluding hydrogens is 484 g/mol. The summed E-state index contributed by atoms with van der Waals surface area (Å²) in [5, 5.41) is 2.62. The summed E-state index contributed by atoms with van der Waals surface area (Å²) in [5.74, 6) is 0. The average molecular weight is 535 g/mol. The second-order valence-electron chi connectivity index (χ2n) is 11.4. The highest BCUT2D eigenvalue weighted by molar-refractivity contribution is 6.99. The smallest absolute Gasteiger partial charge is 0.261 e. The van der Waals surface area contributed by atoms with E-state index < -0.39 is 8.32 Å². The van der Waals surface area contributed by atoms with Gasteiger partial charge >= 0.3 is 0 Å². The van der Waals surface area contributed by atoms with Gasteiger partial charge in [-0.1, -0.05) is 116 Å². The van der Waals surface area contributed by atoms with Crippen molar-refractivity contribution in [1.82, 2.24) is 0 Å². The van der Waals surface area contributed by atoms with E-state index in [1.165, 1.54) is 27.1 Å². The van der Waals surface area contributed by atoms with Gasteiger partial charge < -0.3 is 13.9 Å². The molecule has 0 fully saturated rings. The van der Waals surface area contributed by atoms with Gasteiger partial charge in [0.25, 0.3) is 8.32 Å². The zero-order chi connectivity index (χ0) is 28.0. The lowest BCUT2D eigenvalue weighted by Gasteiger charge is -2.42. The normalized spacial score (nSPS) is 13.2. The van der Waals surface area contributed by atoms with Crippen LogP contribution in [0.4, 0.5) is 0 Å². The van der Waals surface area contributed by atoms with Gasteiger partial charge in [0.05, 0.1) is 6.61 Å². The van der Waals surface area contributed by atoms with Gasteiger partial charge in [-0.15, -0.1) is 0 Å². The molecule has 208 valence electrons. The largest absolute Gasteiger partial charge is 0.404 e. The molecule has 0 N–H and O–H groups in total. The molecule has 0 atom stereocenters. The first-order valence-corrected chi connectivity index (χ1v) is 15.8. The van der Waals surface area contributed by atoms with Gasteiger partial charge in [-0.05, 0) is 61.9 Å². The van der Waals surface area contributed by atoms with Gasteiger partial charge in [-0.25, -0.2) is 0 Å². The maximum atomic E-state index is 7.03. The summed E-state index contributed by atoms with van der Waals surface area (Å²) in [4.78, 5) is 0. The number of hydrogen-bond acceptors (Lipinski definition) is 3. The van der Waals surface area contributed by atoms with E-state index in [-0.39, 0.29) is 11.3 Å². The second-order valence-corrected chi connectivity index (χ2v) is 15.7. The molecule has 4 heteroatoms. The number of allylic oxidation sites excluding steroid dienone is 4. The van der Waals surface area contributed by atoms with Crippen molar-refractivity contribution < 1.29 is 13.9 Å². The SMILES string of the molecule is COC(C/C(=C\CC/C(C)=C/CO[Si](c1ccccc1)(c1ccccc1)C(C)(C)C)CCC=C(C)C)OC. The molecule has 2 rings (SSSR count). The monoisotopic (exact) mass is 534 g/mol. The van der Waals surface area contributed by atoms with Crippen LogP contribution in [-0.2, 0) is 13.9 Å². The molecule has 0 aromatic heterocycles. The fourth-order valence-corrected chi connectivity index (χ4v) is 9.48. The number of benzene rings is 2. The lowest BCUT2D eigenvalue weighted by atomic mass is 10.0. The summed E-state index contributed by atoms with van der Waals surface area (Å²) in [6, 6.07) is 21.7. The van der Waals surface area contributed by atoms with Crippen LogP contribution in [0.3, 0.4) is 0 Å². The maximum Gasteiger partial charge on any atom is 0.261 e. The third-order valence-electron chi connectivity index (χ3n) is 7.09. The quantitative estimate of drug-likeness (QED) is 0.132. The Hall–Kier alpha value is -2.24. The van der Waals surface area contributed by atoms with Crippen LogP contribution in [0.25, 0.3) is 0 Å². The van der Waals surface area contributed by atoms with Crippen LogP contribution in [0, 0.1) is 0 Å². The summed E-state index contributed by atoms with van der Waals surface area (Å²) in [6.07, 6.45) is 11.7. The van der Waals surface area contributed by atoms with Crippen LogP contribution >= 0.6 is 0 Å². The molecule has 0 spiro atoms. The predicted molar refractivity (Wildman–Crippen MR) is 166 cm³/mol. The van der Waals surface area contributed by atoms with Crippen molar-refractivity contribution in [1.29, 1.82) is 0 Å². The molecule has 0 aliphatic heterocycles. The van der Waals surface area contributed by atoms with E-state index in [0.29, 0.717) is 6.61 Å². The van der Waals surface area contributed by atoms with Gasteiger partial charge in [0.15, 0.2) is 6.29 Å². The van der Waals surface area contributed by atoms with E-state index in [4.69, 9.17) is 13.9 Å². The first-order valence-electron chi connectivity index (χ1n) is 13.9. The molecule has 0 saturated heterocycles. The molecule has 2 aromatic rings. The fourth-order valence-electron chi connectivity index (χ4n) is 4.99. The zero-order valence-electron chi connectivity index (χ0n) is 25.1. The molecule has 0 aliphatic carbocycles. The summed E-state index contributed by atoms with van der Waals surface area (Å²) < 4.78 is 18.0. The number of rotatable bonds is 15. The van der Waals surface area contributed by atoms with Crippen LogP contribution in [0.5, 0.6) is 0 Å². The molecule has 2 aromatic carbocycles. The minimum atomic E-state index is -2.51. The lowest BCUT2D eigenvalue weighted by Crippen LogP contribution is -2.66. The summed E-state index contributed by atoms with van der Waals surface area (Å²) >= 11 is 0. The molecule has 3 nitrogen and oxygen atoms in total. The van der Waals surface area contributed by atoms with E-state index in [1.54, 1.807) is 14.2 Å². The number of hydrogen-bond donors (Lipinski definition) is 0.